The van der Waals surface area contributed by atoms with Crippen LogP contribution in [0.25, 0.3) is 5.70 Å². The molecule has 1 aromatic heterocycles. The van der Waals surface area contributed by atoms with Crippen LogP contribution in [0.5, 0.6) is 17.2 Å². The Bertz CT molecular complexity index is 1480. The summed E-state index contributed by atoms with van der Waals surface area (Å²) >= 11 is 6.40. The van der Waals surface area contributed by atoms with E-state index in [1.165, 1.54) is 0 Å². The molecule has 0 amide bonds. The Morgan fingerprint density at radius 1 is 0.971 bits per heavy atom. The first-order chi connectivity index (χ1) is 17.1. The second kappa shape index (κ2) is 8.36. The molecule has 3 heterocycles. The van der Waals surface area contributed by atoms with Crippen molar-refractivity contribution in [2.45, 2.75) is 19.1 Å². The highest BCUT2D eigenvalue weighted by atomic mass is 35.5. The number of nitrogens with one attached hydrogen (secondary N) is 1. The largest absolute Gasteiger partial charge is 0.493 e. The maximum atomic E-state index is 6.67. The van der Waals surface area contributed by atoms with Crippen molar-refractivity contribution in [1.29, 1.82) is 0 Å². The van der Waals surface area contributed by atoms with E-state index in [1.807, 2.05) is 53.2 Å². The van der Waals surface area contributed by atoms with Crippen molar-refractivity contribution in [3.63, 3.8) is 0 Å². The SMILES string of the molecule is COc1ccc([C@H]2C3=C(Nc4ncnn42)c2cc(C)ccc2O[C@H]3c2cccc(Cl)c2)cc1OC. The average molecular weight is 487 g/mol. The van der Waals surface area contributed by atoms with Gasteiger partial charge in [0.15, 0.2) is 11.5 Å². The van der Waals surface area contributed by atoms with Crippen molar-refractivity contribution in [3.05, 3.63) is 99.8 Å². The molecule has 0 fully saturated rings. The van der Waals surface area contributed by atoms with E-state index >= 15 is 0 Å². The summed E-state index contributed by atoms with van der Waals surface area (Å²) in [5.41, 5.74) is 6.01. The second-order valence-corrected chi connectivity index (χ2v) is 8.99. The van der Waals surface area contributed by atoms with Crippen LogP contribution in [0.1, 0.15) is 34.4 Å². The summed E-state index contributed by atoms with van der Waals surface area (Å²) in [6.45, 7) is 2.07. The lowest BCUT2D eigenvalue weighted by Crippen LogP contribution is -2.32. The number of aryl methyl sites for hydroxylation is 1. The zero-order valence-electron chi connectivity index (χ0n) is 19.4. The van der Waals surface area contributed by atoms with Gasteiger partial charge in [0, 0.05) is 16.2 Å². The Morgan fingerprint density at radius 3 is 2.63 bits per heavy atom. The van der Waals surface area contributed by atoms with Crippen molar-refractivity contribution >= 4 is 23.2 Å². The summed E-state index contributed by atoms with van der Waals surface area (Å²) in [7, 11) is 3.26. The van der Waals surface area contributed by atoms with Crippen LogP contribution in [-0.2, 0) is 0 Å². The standard InChI is InChI=1S/C27H23ClN4O3/c1-15-7-9-20-19(11-15)24-23(26(35-20)17-5-4-6-18(28)12-17)25(32-27(31-24)29-14-30-32)16-8-10-21(33-2)22(13-16)34-3/h4-14,25-26H,1-3H3,(H,29,30,31)/t25-,26-/m0/s1. The number of aromatic nitrogens is 3. The molecule has 6 rings (SSSR count). The Hall–Kier alpha value is -3.97. The zero-order valence-corrected chi connectivity index (χ0v) is 20.2. The number of hydrogen-bond donors (Lipinski definition) is 1. The van der Waals surface area contributed by atoms with Crippen LogP contribution in [0.2, 0.25) is 5.02 Å². The first-order valence-corrected chi connectivity index (χ1v) is 11.6. The van der Waals surface area contributed by atoms with Crippen LogP contribution in [0.4, 0.5) is 5.95 Å². The summed E-state index contributed by atoms with van der Waals surface area (Å²) in [5, 5.41) is 8.75. The van der Waals surface area contributed by atoms with Gasteiger partial charge in [-0.25, -0.2) is 4.68 Å². The van der Waals surface area contributed by atoms with Gasteiger partial charge >= 0.3 is 0 Å². The van der Waals surface area contributed by atoms with Gasteiger partial charge in [0.2, 0.25) is 5.95 Å². The summed E-state index contributed by atoms with van der Waals surface area (Å²) in [4.78, 5) is 4.50. The van der Waals surface area contributed by atoms with Gasteiger partial charge in [-0.1, -0.05) is 41.4 Å². The van der Waals surface area contributed by atoms with Gasteiger partial charge in [-0.3, -0.25) is 0 Å². The zero-order chi connectivity index (χ0) is 24.1. The minimum absolute atomic E-state index is 0.304. The Kier molecular flexibility index (Phi) is 5.15. The number of ether oxygens (including phenoxy) is 3. The van der Waals surface area contributed by atoms with Crippen molar-refractivity contribution < 1.29 is 14.2 Å². The maximum Gasteiger partial charge on any atom is 0.226 e. The molecule has 1 N–H and O–H groups in total. The van der Waals surface area contributed by atoms with E-state index in [-0.39, 0.29) is 6.04 Å². The van der Waals surface area contributed by atoms with E-state index in [0.717, 1.165) is 39.3 Å². The monoisotopic (exact) mass is 486 g/mol. The van der Waals surface area contributed by atoms with E-state index in [9.17, 15) is 0 Å². The molecule has 2 atom stereocenters. The third kappa shape index (κ3) is 3.51. The van der Waals surface area contributed by atoms with Crippen LogP contribution in [0.3, 0.4) is 0 Å². The third-order valence-electron chi connectivity index (χ3n) is 6.44. The van der Waals surface area contributed by atoms with Crippen molar-refractivity contribution in [3.8, 4) is 17.2 Å². The van der Waals surface area contributed by atoms with Gasteiger partial charge in [0.25, 0.3) is 0 Å². The fraction of sp³-hybridized carbons (Fsp3) is 0.185. The number of fused-ring (bicyclic) bond motifs is 3. The second-order valence-electron chi connectivity index (χ2n) is 8.55. The molecule has 0 saturated carbocycles. The number of benzene rings is 3. The number of nitrogens with zero attached hydrogens (tertiary/aromatic N) is 3. The quantitative estimate of drug-likeness (QED) is 0.392. The van der Waals surface area contributed by atoms with Crippen LogP contribution >= 0.6 is 11.6 Å². The van der Waals surface area contributed by atoms with Crippen molar-refractivity contribution in [1.82, 2.24) is 14.8 Å². The summed E-state index contributed by atoms with van der Waals surface area (Å²) in [6.07, 6.45) is 1.16. The minimum atomic E-state index is -0.401. The fourth-order valence-corrected chi connectivity index (χ4v) is 5.07. The predicted octanol–water partition coefficient (Wildman–Crippen LogP) is 5.82. The van der Waals surface area contributed by atoms with Gasteiger partial charge in [-0.15, -0.1) is 0 Å². The lowest BCUT2D eigenvalue weighted by atomic mass is 9.84. The first kappa shape index (κ1) is 21.6. The van der Waals surface area contributed by atoms with Gasteiger partial charge in [0.1, 0.15) is 24.2 Å². The summed E-state index contributed by atoms with van der Waals surface area (Å²) in [5.74, 6) is 2.75. The summed E-state index contributed by atoms with van der Waals surface area (Å²) < 4.78 is 19.6. The normalized spacial score (nSPS) is 18.1. The van der Waals surface area contributed by atoms with E-state index in [0.29, 0.717) is 22.5 Å². The molecule has 0 spiro atoms. The van der Waals surface area contributed by atoms with Crippen molar-refractivity contribution in [2.24, 2.45) is 0 Å². The Labute approximate surface area is 207 Å². The molecule has 0 aliphatic carbocycles. The van der Waals surface area contributed by atoms with Gasteiger partial charge in [-0.2, -0.15) is 10.1 Å². The van der Waals surface area contributed by atoms with Gasteiger partial charge < -0.3 is 19.5 Å². The highest BCUT2D eigenvalue weighted by Gasteiger charge is 2.41. The number of anilines is 1. The molecular formula is C27H23ClN4O3. The lowest BCUT2D eigenvalue weighted by Gasteiger charge is -2.39. The van der Waals surface area contributed by atoms with Gasteiger partial charge in [0.05, 0.1) is 19.9 Å². The molecule has 35 heavy (non-hydrogen) atoms. The average Bonchev–Trinajstić information content (AvgIpc) is 3.35. The molecule has 176 valence electrons. The maximum absolute atomic E-state index is 6.67. The molecule has 0 radical (unpaired) electrons. The number of halogens is 1. The molecular weight excluding hydrogens is 464 g/mol. The molecule has 2 aliphatic rings. The highest BCUT2D eigenvalue weighted by molar-refractivity contribution is 6.30. The molecule has 3 aromatic carbocycles. The van der Waals surface area contributed by atoms with E-state index in [4.69, 9.17) is 25.8 Å². The first-order valence-electron chi connectivity index (χ1n) is 11.2. The molecule has 8 heteroatoms. The molecule has 0 unspecified atom stereocenters. The van der Waals surface area contributed by atoms with Crippen molar-refractivity contribution in [2.75, 3.05) is 19.5 Å². The third-order valence-corrected chi connectivity index (χ3v) is 6.68. The highest BCUT2D eigenvalue weighted by Crippen LogP contribution is 2.51. The van der Waals surface area contributed by atoms with Crippen LogP contribution in [0, 0.1) is 6.92 Å². The predicted molar refractivity (Wildman–Crippen MR) is 134 cm³/mol. The number of methoxy groups -OCH3 is 2. The van der Waals surface area contributed by atoms with E-state index in [2.05, 4.69) is 34.5 Å². The molecule has 2 aliphatic heterocycles. The van der Waals surface area contributed by atoms with E-state index < -0.39 is 6.10 Å². The van der Waals surface area contributed by atoms with Crippen LogP contribution < -0.4 is 19.5 Å². The number of rotatable bonds is 4. The molecule has 0 saturated heterocycles. The number of hydrogen-bond acceptors (Lipinski definition) is 6. The molecule has 7 nitrogen and oxygen atoms in total. The van der Waals surface area contributed by atoms with Crippen LogP contribution in [-0.4, -0.2) is 29.0 Å². The molecule has 0 bridgehead atoms. The fourth-order valence-electron chi connectivity index (χ4n) is 4.87. The van der Waals surface area contributed by atoms with Crippen LogP contribution in [0.15, 0.2) is 72.6 Å². The topological polar surface area (TPSA) is 70.4 Å². The van der Waals surface area contributed by atoms with Gasteiger partial charge in [-0.05, 0) is 54.4 Å². The smallest absolute Gasteiger partial charge is 0.226 e. The lowest BCUT2D eigenvalue weighted by molar-refractivity contribution is 0.223. The summed E-state index contributed by atoms with van der Waals surface area (Å²) in [6, 6.07) is 19.6. The Balaban J connectivity index is 1.63. The van der Waals surface area contributed by atoms with E-state index in [1.54, 1.807) is 20.5 Å². The Morgan fingerprint density at radius 2 is 1.83 bits per heavy atom. The molecule has 4 aromatic rings. The minimum Gasteiger partial charge on any atom is -0.493 e.